The normalized spacial score (nSPS) is 16.2. The van der Waals surface area contributed by atoms with Gasteiger partial charge in [0.15, 0.2) is 0 Å². The molecule has 0 spiro atoms. The maximum atomic E-state index is 11.7. The number of amides is 1. The summed E-state index contributed by atoms with van der Waals surface area (Å²) in [4.78, 5) is 20.5. The molecule has 1 saturated heterocycles. The van der Waals surface area contributed by atoms with E-state index < -0.39 is 0 Å². The third kappa shape index (κ3) is 3.06. The van der Waals surface area contributed by atoms with Crippen molar-refractivity contribution < 1.29 is 9.53 Å². The van der Waals surface area contributed by atoms with Gasteiger partial charge in [-0.2, -0.15) is 0 Å². The fourth-order valence-corrected chi connectivity index (χ4v) is 2.81. The van der Waals surface area contributed by atoms with Gasteiger partial charge in [-0.3, -0.25) is 4.90 Å². The van der Waals surface area contributed by atoms with Crippen LogP contribution in [0, 0.1) is 6.92 Å². The first kappa shape index (κ1) is 14.8. The number of carbonyl (C=O) groups excluding carboxylic acids is 1. The van der Waals surface area contributed by atoms with Gasteiger partial charge in [-0.15, -0.1) is 0 Å². The second-order valence-corrected chi connectivity index (χ2v) is 5.59. The Morgan fingerprint density at radius 2 is 2.05 bits per heavy atom. The van der Waals surface area contributed by atoms with Crippen LogP contribution in [0.1, 0.15) is 18.3 Å². The van der Waals surface area contributed by atoms with Gasteiger partial charge in [0.25, 0.3) is 0 Å². The molecule has 0 bridgehead atoms. The molecule has 118 valence electrons. The number of hydrogen-bond donors (Lipinski definition) is 0. The summed E-state index contributed by atoms with van der Waals surface area (Å²) in [6.07, 6.45) is 1.90. The van der Waals surface area contributed by atoms with Crippen molar-refractivity contribution in [2.75, 3.05) is 32.8 Å². The van der Waals surface area contributed by atoms with Crippen molar-refractivity contribution in [1.82, 2.24) is 19.2 Å². The first-order chi connectivity index (χ1) is 10.7. The monoisotopic (exact) mass is 302 g/mol. The second kappa shape index (κ2) is 6.36. The molecule has 1 amide bonds. The molecule has 1 fully saturated rings. The summed E-state index contributed by atoms with van der Waals surface area (Å²) in [6, 6.07) is 6.13. The van der Waals surface area contributed by atoms with Crippen molar-refractivity contribution in [2.45, 2.75) is 20.4 Å². The summed E-state index contributed by atoms with van der Waals surface area (Å²) >= 11 is 0. The van der Waals surface area contributed by atoms with Crippen LogP contribution >= 0.6 is 0 Å². The van der Waals surface area contributed by atoms with Crippen molar-refractivity contribution in [3.63, 3.8) is 0 Å². The highest BCUT2D eigenvalue weighted by Gasteiger charge is 2.22. The fourth-order valence-electron chi connectivity index (χ4n) is 2.81. The minimum atomic E-state index is -0.203. The number of aryl methyl sites for hydroxylation is 1. The molecule has 2 aromatic heterocycles. The number of aromatic nitrogens is 2. The molecule has 0 unspecified atom stereocenters. The number of carbonyl (C=O) groups is 1. The van der Waals surface area contributed by atoms with Crippen LogP contribution in [0.5, 0.6) is 0 Å². The van der Waals surface area contributed by atoms with Gasteiger partial charge in [-0.1, -0.05) is 6.07 Å². The maximum Gasteiger partial charge on any atom is 0.409 e. The Labute approximate surface area is 130 Å². The molecule has 0 saturated carbocycles. The zero-order valence-corrected chi connectivity index (χ0v) is 13.2. The fraction of sp³-hybridized carbons (Fsp3) is 0.500. The molecule has 3 rings (SSSR count). The molecular formula is C16H22N4O2. The molecule has 22 heavy (non-hydrogen) atoms. The molecule has 1 aliphatic heterocycles. The van der Waals surface area contributed by atoms with Gasteiger partial charge in [0.2, 0.25) is 0 Å². The topological polar surface area (TPSA) is 50.1 Å². The molecule has 6 nitrogen and oxygen atoms in total. The first-order valence-electron chi connectivity index (χ1n) is 7.75. The Balaban J connectivity index is 1.60. The molecule has 0 radical (unpaired) electrons. The standard InChI is InChI=1S/C16H22N4O2/c1-3-22-16(21)19-9-7-18(8-10-19)11-14-12-20-13(2)5-4-6-15(20)17-14/h4-6,12H,3,7-11H2,1-2H3. The summed E-state index contributed by atoms with van der Waals surface area (Å²) in [5.41, 5.74) is 3.24. The molecule has 1 aliphatic rings. The molecule has 0 aliphatic carbocycles. The molecular weight excluding hydrogens is 280 g/mol. The summed E-state index contributed by atoms with van der Waals surface area (Å²) in [5, 5.41) is 0. The van der Waals surface area contributed by atoms with Gasteiger partial charge in [0.05, 0.1) is 12.3 Å². The zero-order chi connectivity index (χ0) is 15.5. The van der Waals surface area contributed by atoms with E-state index >= 15 is 0 Å². The predicted octanol–water partition coefficient (Wildman–Crippen LogP) is 1.92. The van der Waals surface area contributed by atoms with Crippen LogP contribution < -0.4 is 0 Å². The Kier molecular flexibility index (Phi) is 4.29. The van der Waals surface area contributed by atoms with Gasteiger partial charge in [0.1, 0.15) is 5.65 Å². The van der Waals surface area contributed by atoms with Crippen molar-refractivity contribution >= 4 is 11.7 Å². The number of imidazole rings is 1. The minimum absolute atomic E-state index is 0.203. The minimum Gasteiger partial charge on any atom is -0.450 e. The van der Waals surface area contributed by atoms with E-state index in [0.717, 1.165) is 31.0 Å². The average Bonchev–Trinajstić information content (AvgIpc) is 2.92. The lowest BCUT2D eigenvalue weighted by Gasteiger charge is -2.33. The van der Waals surface area contributed by atoms with E-state index in [1.807, 2.05) is 19.1 Å². The van der Waals surface area contributed by atoms with Crippen molar-refractivity contribution in [1.29, 1.82) is 0 Å². The zero-order valence-electron chi connectivity index (χ0n) is 13.2. The van der Waals surface area contributed by atoms with Gasteiger partial charge in [-0.05, 0) is 26.0 Å². The predicted molar refractivity (Wildman–Crippen MR) is 83.8 cm³/mol. The number of piperazine rings is 1. The molecule has 0 N–H and O–H groups in total. The van der Waals surface area contributed by atoms with Crippen LogP contribution in [-0.4, -0.2) is 58.1 Å². The summed E-state index contributed by atoms with van der Waals surface area (Å²) in [5.74, 6) is 0. The van der Waals surface area contributed by atoms with Gasteiger partial charge < -0.3 is 14.0 Å². The SMILES string of the molecule is CCOC(=O)N1CCN(Cc2cn3c(C)cccc3n2)CC1. The van der Waals surface area contributed by atoms with E-state index in [4.69, 9.17) is 4.74 Å². The quantitative estimate of drug-likeness (QED) is 0.869. The smallest absolute Gasteiger partial charge is 0.409 e. The molecule has 0 aromatic carbocycles. The van der Waals surface area contributed by atoms with Gasteiger partial charge in [-0.25, -0.2) is 9.78 Å². The second-order valence-electron chi connectivity index (χ2n) is 5.59. The highest BCUT2D eigenvalue weighted by atomic mass is 16.6. The lowest BCUT2D eigenvalue weighted by Crippen LogP contribution is -2.48. The van der Waals surface area contributed by atoms with E-state index in [-0.39, 0.29) is 6.09 Å². The molecule has 6 heteroatoms. The van der Waals surface area contributed by atoms with E-state index in [1.165, 1.54) is 5.69 Å². The molecule has 0 atom stereocenters. The van der Waals surface area contributed by atoms with Crippen LogP contribution in [0.3, 0.4) is 0 Å². The Hall–Kier alpha value is -2.08. The van der Waals surface area contributed by atoms with Crippen molar-refractivity contribution in [3.05, 3.63) is 35.8 Å². The average molecular weight is 302 g/mol. The van der Waals surface area contributed by atoms with E-state index in [2.05, 4.69) is 33.5 Å². The summed E-state index contributed by atoms with van der Waals surface area (Å²) < 4.78 is 7.16. The summed E-state index contributed by atoms with van der Waals surface area (Å²) in [6.45, 7) is 8.29. The first-order valence-corrected chi connectivity index (χ1v) is 7.75. The van der Waals surface area contributed by atoms with E-state index in [9.17, 15) is 4.79 Å². The van der Waals surface area contributed by atoms with Crippen LogP contribution in [0.15, 0.2) is 24.4 Å². The number of hydrogen-bond acceptors (Lipinski definition) is 4. The van der Waals surface area contributed by atoms with Crippen molar-refractivity contribution in [2.24, 2.45) is 0 Å². The summed E-state index contributed by atoms with van der Waals surface area (Å²) in [7, 11) is 0. The Morgan fingerprint density at radius 3 is 2.73 bits per heavy atom. The van der Waals surface area contributed by atoms with Crippen molar-refractivity contribution in [3.8, 4) is 0 Å². The van der Waals surface area contributed by atoms with Crippen LogP contribution in [0.2, 0.25) is 0 Å². The Morgan fingerprint density at radius 1 is 1.27 bits per heavy atom. The van der Waals surface area contributed by atoms with Gasteiger partial charge >= 0.3 is 6.09 Å². The number of fused-ring (bicyclic) bond motifs is 1. The lowest BCUT2D eigenvalue weighted by atomic mass is 10.3. The largest absolute Gasteiger partial charge is 0.450 e. The lowest BCUT2D eigenvalue weighted by molar-refractivity contribution is 0.0776. The third-order valence-corrected chi connectivity index (χ3v) is 4.03. The van der Waals surface area contributed by atoms with Crippen LogP contribution in [0.4, 0.5) is 4.79 Å². The van der Waals surface area contributed by atoms with Gasteiger partial charge in [0, 0.05) is 44.6 Å². The molecule has 2 aromatic rings. The Bertz CT molecular complexity index is 659. The number of nitrogens with zero attached hydrogens (tertiary/aromatic N) is 4. The van der Waals surface area contributed by atoms with E-state index in [0.29, 0.717) is 19.7 Å². The number of rotatable bonds is 3. The van der Waals surface area contributed by atoms with E-state index in [1.54, 1.807) is 4.90 Å². The third-order valence-electron chi connectivity index (χ3n) is 4.03. The highest BCUT2D eigenvalue weighted by Crippen LogP contribution is 2.12. The van der Waals surface area contributed by atoms with Crippen LogP contribution in [0.25, 0.3) is 5.65 Å². The number of pyridine rings is 1. The van der Waals surface area contributed by atoms with Crippen LogP contribution in [-0.2, 0) is 11.3 Å². The molecule has 3 heterocycles. The number of ether oxygens (including phenoxy) is 1. The maximum absolute atomic E-state index is 11.7. The highest BCUT2D eigenvalue weighted by molar-refractivity contribution is 5.67.